The number of ether oxygens (including phenoxy) is 1. The second-order valence-electron chi connectivity index (χ2n) is 10.8. The molecule has 3 heterocycles. The first-order valence-electron chi connectivity index (χ1n) is 14.7. The summed E-state index contributed by atoms with van der Waals surface area (Å²) in [4.78, 5) is 46.5. The number of nitrogens with one attached hydrogen (secondary N) is 3. The third-order valence-corrected chi connectivity index (χ3v) is 7.55. The first-order valence-corrected chi connectivity index (χ1v) is 14.7. The number of halogens is 1. The number of fused-ring (bicyclic) bond motifs is 1. The van der Waals surface area contributed by atoms with E-state index in [4.69, 9.17) is 15.6 Å². The van der Waals surface area contributed by atoms with Crippen LogP contribution >= 0.6 is 0 Å². The van der Waals surface area contributed by atoms with Crippen LogP contribution in [-0.2, 0) is 14.3 Å². The van der Waals surface area contributed by atoms with Gasteiger partial charge in [0.1, 0.15) is 30.3 Å². The number of nitrogens with zero attached hydrogens (tertiary/aromatic N) is 5. The summed E-state index contributed by atoms with van der Waals surface area (Å²) in [7, 11) is 0. The maximum Gasteiger partial charge on any atom is 0.323 e. The van der Waals surface area contributed by atoms with Crippen molar-refractivity contribution < 1.29 is 23.5 Å². The van der Waals surface area contributed by atoms with E-state index in [1.807, 2.05) is 30.0 Å². The molecule has 0 atom stereocenters. The van der Waals surface area contributed by atoms with Crippen molar-refractivity contribution in [2.45, 2.75) is 39.2 Å². The highest BCUT2D eigenvalue weighted by atomic mass is 19.1. The van der Waals surface area contributed by atoms with Gasteiger partial charge in [-0.15, -0.1) is 0 Å². The monoisotopic (exact) mass is 617 g/mol. The van der Waals surface area contributed by atoms with E-state index < -0.39 is 11.8 Å². The number of urea groups is 1. The fraction of sp³-hybridized carbons (Fsp3) is 0.355. The van der Waals surface area contributed by atoms with Crippen LogP contribution in [0.25, 0.3) is 22.3 Å². The Balaban J connectivity index is 1.25. The van der Waals surface area contributed by atoms with Crippen molar-refractivity contribution in [3.63, 3.8) is 0 Å². The standard InChI is InChI=1S/C31H36FN9O4/c1-19-4-3-5-22(16-19)37-31(44)38-25-7-6-21(17-24(25)32)28-27-29(33)35-18-36-30(27)41(39-28)23-9-13-40(14-10-23)26(43)8-11-34-12-15-45-20(2)42/h3-7,16-18,23,34H,8-15H2,1-2H3,(H2,33,35,36)(H2,37,38,44). The van der Waals surface area contributed by atoms with E-state index in [1.54, 1.807) is 16.8 Å². The molecule has 14 heteroatoms. The van der Waals surface area contributed by atoms with E-state index in [0.717, 1.165) is 5.56 Å². The summed E-state index contributed by atoms with van der Waals surface area (Å²) >= 11 is 0. The van der Waals surface area contributed by atoms with Crippen LogP contribution < -0.4 is 21.7 Å². The van der Waals surface area contributed by atoms with Crippen LogP contribution in [0.4, 0.5) is 26.4 Å². The zero-order chi connectivity index (χ0) is 31.9. The van der Waals surface area contributed by atoms with Gasteiger partial charge in [0.05, 0.1) is 17.1 Å². The zero-order valence-corrected chi connectivity index (χ0v) is 25.2. The Bertz CT molecular complexity index is 1700. The normalized spacial score (nSPS) is 13.5. The largest absolute Gasteiger partial charge is 0.465 e. The number of aryl methyl sites for hydroxylation is 1. The number of hydrogen-bond acceptors (Lipinski definition) is 9. The predicted octanol–water partition coefficient (Wildman–Crippen LogP) is 3.87. The van der Waals surface area contributed by atoms with Crippen molar-refractivity contribution in [1.82, 2.24) is 30.0 Å². The van der Waals surface area contributed by atoms with Gasteiger partial charge in [-0.3, -0.25) is 9.59 Å². The van der Waals surface area contributed by atoms with Gasteiger partial charge in [0, 0.05) is 50.8 Å². The van der Waals surface area contributed by atoms with Crippen LogP contribution in [0.5, 0.6) is 0 Å². The molecule has 13 nitrogen and oxygen atoms in total. The van der Waals surface area contributed by atoms with Crippen LogP contribution in [0.1, 0.15) is 37.8 Å². The molecule has 0 radical (unpaired) electrons. The third-order valence-electron chi connectivity index (χ3n) is 7.55. The Kier molecular flexibility index (Phi) is 9.82. The number of likely N-dealkylation sites (tertiary alicyclic amines) is 1. The number of carbonyl (C=O) groups excluding carboxylic acids is 3. The maximum atomic E-state index is 15.3. The van der Waals surface area contributed by atoms with Crippen LogP contribution in [-0.4, -0.2) is 75.3 Å². The number of benzene rings is 2. The number of nitrogen functional groups attached to an aromatic ring is 1. The average Bonchev–Trinajstić information content (AvgIpc) is 3.41. The molecule has 1 fully saturated rings. The van der Waals surface area contributed by atoms with Crippen molar-refractivity contribution in [3.8, 4) is 11.3 Å². The van der Waals surface area contributed by atoms with E-state index >= 15 is 4.39 Å². The molecule has 5 N–H and O–H groups in total. The number of esters is 1. The molecule has 3 amide bonds. The number of piperidine rings is 1. The van der Waals surface area contributed by atoms with Gasteiger partial charge in [0.15, 0.2) is 5.65 Å². The molecule has 1 aliphatic rings. The maximum absolute atomic E-state index is 15.3. The summed E-state index contributed by atoms with van der Waals surface area (Å²) in [5, 5.41) is 13.7. The SMILES string of the molecule is CC(=O)OCCNCCC(=O)N1CCC(n2nc(-c3ccc(NC(=O)Nc4cccc(C)c4)c(F)c3)c3c(N)ncnc32)CC1. The number of carbonyl (C=O) groups is 3. The van der Waals surface area contributed by atoms with E-state index in [9.17, 15) is 14.4 Å². The molecule has 4 aromatic rings. The molecule has 5 rings (SSSR count). The van der Waals surface area contributed by atoms with E-state index in [-0.39, 0.29) is 36.0 Å². The predicted molar refractivity (Wildman–Crippen MR) is 168 cm³/mol. The molecule has 0 spiro atoms. The molecule has 0 aliphatic carbocycles. The molecular weight excluding hydrogens is 581 g/mol. The Labute approximate surface area is 259 Å². The molecule has 0 unspecified atom stereocenters. The molecule has 1 aliphatic heterocycles. The van der Waals surface area contributed by atoms with Crippen molar-refractivity contribution in [2.75, 3.05) is 49.2 Å². The lowest BCUT2D eigenvalue weighted by Gasteiger charge is -2.32. The Morgan fingerprint density at radius 3 is 2.60 bits per heavy atom. The van der Waals surface area contributed by atoms with Crippen molar-refractivity contribution in [3.05, 3.63) is 60.2 Å². The number of hydrogen-bond donors (Lipinski definition) is 4. The topological polar surface area (TPSA) is 169 Å². The van der Waals surface area contributed by atoms with Gasteiger partial charge in [-0.1, -0.05) is 18.2 Å². The number of anilines is 3. The molecule has 2 aromatic heterocycles. The average molecular weight is 618 g/mol. The van der Waals surface area contributed by atoms with Gasteiger partial charge in [0.2, 0.25) is 5.91 Å². The van der Waals surface area contributed by atoms with Crippen molar-refractivity contribution in [1.29, 1.82) is 0 Å². The third kappa shape index (κ3) is 7.70. The van der Waals surface area contributed by atoms with Crippen LogP contribution in [0.15, 0.2) is 48.8 Å². The fourth-order valence-electron chi connectivity index (χ4n) is 5.33. The highest BCUT2D eigenvalue weighted by Gasteiger charge is 2.28. The number of amides is 3. The number of aromatic nitrogens is 4. The quantitative estimate of drug-likeness (QED) is 0.152. The second kappa shape index (κ2) is 14.1. The van der Waals surface area contributed by atoms with Gasteiger partial charge >= 0.3 is 12.0 Å². The molecular formula is C31H36FN9O4. The Morgan fingerprint density at radius 1 is 1.07 bits per heavy atom. The van der Waals surface area contributed by atoms with Gasteiger partial charge in [-0.25, -0.2) is 23.8 Å². The van der Waals surface area contributed by atoms with Crippen molar-refractivity contribution in [2.24, 2.45) is 0 Å². The lowest BCUT2D eigenvalue weighted by molar-refractivity contribution is -0.141. The first kappa shape index (κ1) is 31.3. The first-order chi connectivity index (χ1) is 21.7. The lowest BCUT2D eigenvalue weighted by Crippen LogP contribution is -2.40. The van der Waals surface area contributed by atoms with Gasteiger partial charge in [-0.05, 0) is 49.6 Å². The summed E-state index contributed by atoms with van der Waals surface area (Å²) < 4.78 is 21.9. The minimum absolute atomic E-state index is 0.00787. The minimum Gasteiger partial charge on any atom is -0.465 e. The highest BCUT2D eigenvalue weighted by molar-refractivity contribution is 6.01. The van der Waals surface area contributed by atoms with Crippen molar-refractivity contribution >= 4 is 46.1 Å². The summed E-state index contributed by atoms with van der Waals surface area (Å²) in [6.45, 7) is 5.61. The van der Waals surface area contributed by atoms with Crippen LogP contribution in [0, 0.1) is 12.7 Å². The number of rotatable bonds is 10. The van der Waals surface area contributed by atoms with E-state index in [2.05, 4.69) is 25.9 Å². The molecule has 0 saturated carbocycles. The summed E-state index contributed by atoms with van der Waals surface area (Å²) in [5.74, 6) is -0.712. The minimum atomic E-state index is -0.641. The van der Waals surface area contributed by atoms with Crippen LogP contribution in [0.2, 0.25) is 0 Å². The Morgan fingerprint density at radius 2 is 1.87 bits per heavy atom. The Hall–Kier alpha value is -5.11. The second-order valence-corrected chi connectivity index (χ2v) is 10.8. The fourth-order valence-corrected chi connectivity index (χ4v) is 5.33. The highest BCUT2D eigenvalue weighted by Crippen LogP contribution is 2.35. The molecule has 236 valence electrons. The summed E-state index contributed by atoms with van der Waals surface area (Å²) in [5.41, 5.74) is 9.26. The summed E-state index contributed by atoms with van der Waals surface area (Å²) in [6, 6.07) is 11.1. The van der Waals surface area contributed by atoms with E-state index in [0.29, 0.717) is 73.4 Å². The molecule has 1 saturated heterocycles. The lowest BCUT2D eigenvalue weighted by atomic mass is 10.0. The van der Waals surface area contributed by atoms with Gasteiger partial charge < -0.3 is 31.3 Å². The van der Waals surface area contributed by atoms with Gasteiger partial charge in [-0.2, -0.15) is 5.10 Å². The molecule has 0 bridgehead atoms. The zero-order valence-electron chi connectivity index (χ0n) is 25.2. The molecule has 2 aromatic carbocycles. The molecule has 45 heavy (non-hydrogen) atoms. The van der Waals surface area contributed by atoms with Gasteiger partial charge in [0.25, 0.3) is 0 Å². The number of nitrogens with two attached hydrogens (primary N) is 1. The van der Waals surface area contributed by atoms with E-state index in [1.165, 1.54) is 25.4 Å². The summed E-state index contributed by atoms with van der Waals surface area (Å²) in [6.07, 6.45) is 3.01. The smallest absolute Gasteiger partial charge is 0.323 e. The van der Waals surface area contributed by atoms with Crippen LogP contribution in [0.3, 0.4) is 0 Å².